The highest BCUT2D eigenvalue weighted by atomic mass is 79.9. The minimum Gasteiger partial charge on any atom is -0.338 e. The van der Waals surface area contributed by atoms with Crippen LogP contribution in [0.4, 0.5) is 0 Å². The fourth-order valence-electron chi connectivity index (χ4n) is 3.11. The van der Waals surface area contributed by atoms with Crippen molar-refractivity contribution >= 4 is 33.4 Å². The van der Waals surface area contributed by atoms with Crippen molar-refractivity contribution in [2.45, 2.75) is 6.54 Å². The summed E-state index contributed by atoms with van der Waals surface area (Å²) >= 11 is 9.30. The van der Waals surface area contributed by atoms with E-state index in [1.54, 1.807) is 12.1 Å². The van der Waals surface area contributed by atoms with Crippen molar-refractivity contribution in [2.24, 2.45) is 0 Å². The van der Waals surface area contributed by atoms with E-state index in [-0.39, 0.29) is 5.91 Å². The Bertz CT molecular complexity index is 951. The topological polar surface area (TPSA) is 62.5 Å². The largest absolute Gasteiger partial charge is 0.338 e. The van der Waals surface area contributed by atoms with Crippen molar-refractivity contribution < 1.29 is 9.32 Å². The third-order valence-corrected chi connectivity index (χ3v) is 5.46. The fourth-order valence-corrected chi connectivity index (χ4v) is 3.50. The number of rotatable bonds is 4. The monoisotopic (exact) mass is 460 g/mol. The number of amides is 1. The van der Waals surface area contributed by atoms with Gasteiger partial charge in [0.15, 0.2) is 0 Å². The molecule has 1 aromatic heterocycles. The van der Waals surface area contributed by atoms with Crippen molar-refractivity contribution in [3.05, 3.63) is 69.5 Å². The van der Waals surface area contributed by atoms with Crippen molar-refractivity contribution in [1.82, 2.24) is 19.9 Å². The average Bonchev–Trinajstić information content (AvgIpc) is 3.18. The first kappa shape index (κ1) is 19.1. The van der Waals surface area contributed by atoms with Crippen LogP contribution >= 0.6 is 27.5 Å². The predicted octanol–water partition coefficient (Wildman–Crippen LogP) is 4.11. The van der Waals surface area contributed by atoms with E-state index in [0.717, 1.165) is 23.1 Å². The maximum atomic E-state index is 12.6. The average molecular weight is 462 g/mol. The van der Waals surface area contributed by atoms with Gasteiger partial charge in [-0.05, 0) is 48.5 Å². The number of hydrogen-bond donors (Lipinski definition) is 0. The molecule has 0 unspecified atom stereocenters. The van der Waals surface area contributed by atoms with Crippen LogP contribution < -0.4 is 0 Å². The lowest BCUT2D eigenvalue weighted by atomic mass is 10.2. The summed E-state index contributed by atoms with van der Waals surface area (Å²) in [4.78, 5) is 21.2. The fraction of sp³-hybridized carbons (Fsp3) is 0.250. The molecule has 1 aliphatic rings. The molecule has 0 saturated carbocycles. The van der Waals surface area contributed by atoms with Gasteiger partial charge in [0, 0.05) is 46.8 Å². The Morgan fingerprint density at radius 1 is 1.04 bits per heavy atom. The standard InChI is InChI=1S/C20H18BrClN4O2/c21-16-5-1-15(2-6-16)20(27)26-11-9-25(10-12-26)13-18-23-19(24-28-18)14-3-7-17(22)8-4-14/h1-8H,9-13H2. The maximum Gasteiger partial charge on any atom is 0.253 e. The molecule has 6 nitrogen and oxygen atoms in total. The van der Waals surface area contributed by atoms with Crippen LogP contribution in [-0.4, -0.2) is 52.0 Å². The van der Waals surface area contributed by atoms with Gasteiger partial charge in [0.25, 0.3) is 5.91 Å². The van der Waals surface area contributed by atoms with Gasteiger partial charge in [-0.1, -0.05) is 32.7 Å². The van der Waals surface area contributed by atoms with Crippen LogP contribution in [0, 0.1) is 0 Å². The maximum absolute atomic E-state index is 12.6. The van der Waals surface area contributed by atoms with Crippen LogP contribution in [-0.2, 0) is 6.54 Å². The summed E-state index contributed by atoms with van der Waals surface area (Å²) in [5.74, 6) is 1.18. The van der Waals surface area contributed by atoms with E-state index in [1.807, 2.05) is 41.3 Å². The smallest absolute Gasteiger partial charge is 0.253 e. The Labute approximate surface area is 176 Å². The van der Waals surface area contributed by atoms with Gasteiger partial charge < -0.3 is 9.42 Å². The molecule has 2 aromatic carbocycles. The van der Waals surface area contributed by atoms with Gasteiger partial charge in [-0.15, -0.1) is 0 Å². The number of nitrogens with zero attached hydrogens (tertiary/aromatic N) is 4. The quantitative estimate of drug-likeness (QED) is 0.585. The molecule has 0 radical (unpaired) electrons. The number of hydrogen-bond acceptors (Lipinski definition) is 5. The summed E-state index contributed by atoms with van der Waals surface area (Å²) in [6, 6.07) is 14.8. The Morgan fingerprint density at radius 2 is 1.71 bits per heavy atom. The van der Waals surface area contributed by atoms with Gasteiger partial charge in [0.2, 0.25) is 11.7 Å². The minimum atomic E-state index is 0.0648. The lowest BCUT2D eigenvalue weighted by Crippen LogP contribution is -2.48. The molecule has 0 N–H and O–H groups in total. The molecule has 0 atom stereocenters. The third-order valence-electron chi connectivity index (χ3n) is 4.68. The predicted molar refractivity (Wildman–Crippen MR) is 110 cm³/mol. The van der Waals surface area contributed by atoms with E-state index in [4.69, 9.17) is 16.1 Å². The van der Waals surface area contributed by atoms with Crippen LogP contribution in [0.2, 0.25) is 5.02 Å². The third kappa shape index (κ3) is 4.43. The Kier molecular flexibility index (Phi) is 5.75. The van der Waals surface area contributed by atoms with Crippen LogP contribution in [0.15, 0.2) is 57.5 Å². The molecule has 28 heavy (non-hydrogen) atoms. The molecule has 0 spiro atoms. The van der Waals surface area contributed by atoms with Crippen molar-refractivity contribution in [2.75, 3.05) is 26.2 Å². The number of halogens is 2. The van der Waals surface area contributed by atoms with Crippen molar-refractivity contribution in [3.8, 4) is 11.4 Å². The van der Waals surface area contributed by atoms with Crippen LogP contribution in [0.25, 0.3) is 11.4 Å². The molecular weight excluding hydrogens is 444 g/mol. The zero-order chi connectivity index (χ0) is 19.5. The van der Waals surface area contributed by atoms with E-state index in [1.165, 1.54) is 0 Å². The first-order valence-corrected chi connectivity index (χ1v) is 10.1. The summed E-state index contributed by atoms with van der Waals surface area (Å²) < 4.78 is 6.35. The molecule has 144 valence electrons. The molecule has 3 aromatic rings. The number of carbonyl (C=O) groups is 1. The van der Waals surface area contributed by atoms with Crippen LogP contribution in [0.5, 0.6) is 0 Å². The minimum absolute atomic E-state index is 0.0648. The molecule has 2 heterocycles. The van der Waals surface area contributed by atoms with Gasteiger partial charge in [-0.2, -0.15) is 4.98 Å². The van der Waals surface area contributed by atoms with Gasteiger partial charge in [-0.25, -0.2) is 0 Å². The molecular formula is C20H18BrClN4O2. The summed E-state index contributed by atoms with van der Waals surface area (Å²) in [5.41, 5.74) is 1.57. The number of carbonyl (C=O) groups excluding carboxylic acids is 1. The summed E-state index contributed by atoms with van der Waals surface area (Å²) in [6.07, 6.45) is 0. The van der Waals surface area contributed by atoms with E-state index in [2.05, 4.69) is 31.0 Å². The Morgan fingerprint density at radius 3 is 2.39 bits per heavy atom. The van der Waals surface area contributed by atoms with E-state index >= 15 is 0 Å². The first-order valence-electron chi connectivity index (χ1n) is 8.94. The highest BCUT2D eigenvalue weighted by Gasteiger charge is 2.23. The molecule has 1 amide bonds. The second-order valence-corrected chi connectivity index (χ2v) is 7.95. The summed E-state index contributed by atoms with van der Waals surface area (Å²) in [6.45, 7) is 3.45. The van der Waals surface area contributed by atoms with E-state index < -0.39 is 0 Å². The number of benzene rings is 2. The molecule has 0 bridgehead atoms. The molecule has 0 aliphatic carbocycles. The lowest BCUT2D eigenvalue weighted by molar-refractivity contribution is 0.0615. The highest BCUT2D eigenvalue weighted by molar-refractivity contribution is 9.10. The molecule has 1 saturated heterocycles. The summed E-state index contributed by atoms with van der Waals surface area (Å²) in [5, 5.41) is 4.72. The zero-order valence-corrected chi connectivity index (χ0v) is 17.4. The molecule has 8 heteroatoms. The Balaban J connectivity index is 1.33. The second kappa shape index (κ2) is 8.43. The first-order chi connectivity index (χ1) is 13.6. The van der Waals surface area contributed by atoms with Crippen LogP contribution in [0.1, 0.15) is 16.2 Å². The SMILES string of the molecule is O=C(c1ccc(Br)cc1)N1CCN(Cc2nc(-c3ccc(Cl)cc3)no2)CC1. The van der Waals surface area contributed by atoms with Crippen molar-refractivity contribution in [1.29, 1.82) is 0 Å². The number of piperazine rings is 1. The van der Waals surface area contributed by atoms with Gasteiger partial charge in [0.05, 0.1) is 6.54 Å². The normalized spacial score (nSPS) is 15.0. The zero-order valence-electron chi connectivity index (χ0n) is 15.0. The Hall–Kier alpha value is -2.22. The van der Waals surface area contributed by atoms with Gasteiger partial charge in [0.1, 0.15) is 0 Å². The summed E-state index contributed by atoms with van der Waals surface area (Å²) in [7, 11) is 0. The van der Waals surface area contributed by atoms with E-state index in [0.29, 0.717) is 41.9 Å². The second-order valence-electron chi connectivity index (χ2n) is 6.59. The molecule has 4 rings (SSSR count). The number of aromatic nitrogens is 2. The lowest BCUT2D eigenvalue weighted by Gasteiger charge is -2.34. The van der Waals surface area contributed by atoms with Crippen molar-refractivity contribution in [3.63, 3.8) is 0 Å². The van der Waals surface area contributed by atoms with Gasteiger partial charge in [-0.3, -0.25) is 9.69 Å². The van der Waals surface area contributed by atoms with Gasteiger partial charge >= 0.3 is 0 Å². The van der Waals surface area contributed by atoms with E-state index in [9.17, 15) is 4.79 Å². The molecule has 1 aliphatic heterocycles. The highest BCUT2D eigenvalue weighted by Crippen LogP contribution is 2.19. The van der Waals surface area contributed by atoms with Crippen LogP contribution in [0.3, 0.4) is 0 Å². The molecule has 1 fully saturated rings.